The Bertz CT molecular complexity index is 906. The van der Waals surface area contributed by atoms with Crippen molar-refractivity contribution < 1.29 is 23.8 Å². The molecule has 7 nitrogen and oxygen atoms in total. The first-order valence-electron chi connectivity index (χ1n) is 12.2. The Morgan fingerprint density at radius 3 is 2.24 bits per heavy atom. The van der Waals surface area contributed by atoms with E-state index in [1.54, 1.807) is 24.5 Å². The summed E-state index contributed by atoms with van der Waals surface area (Å²) < 4.78 is 16.3. The molecule has 1 aliphatic rings. The standard InChI is InChI=1S/C27H34N2O5/c1-2-25(30)33-18-10-5-3-4-9-17-32-24-19-28-26(29-20-24)21-13-15-22(16-14-21)27(31)34-23-11-7-6-8-12-23/h2,13-16,19-20,23H,1,3-12,17-18H2. The Hall–Kier alpha value is -3.22. The fourth-order valence-corrected chi connectivity index (χ4v) is 3.85. The molecule has 2 aromatic rings. The van der Waals surface area contributed by atoms with Crippen molar-refractivity contribution in [1.29, 1.82) is 0 Å². The van der Waals surface area contributed by atoms with E-state index in [1.165, 1.54) is 12.5 Å². The van der Waals surface area contributed by atoms with Gasteiger partial charge >= 0.3 is 11.9 Å². The Kier molecular flexibility index (Phi) is 10.6. The zero-order valence-corrected chi connectivity index (χ0v) is 19.7. The molecule has 1 heterocycles. The van der Waals surface area contributed by atoms with E-state index in [-0.39, 0.29) is 18.0 Å². The molecule has 0 spiro atoms. The van der Waals surface area contributed by atoms with Crippen molar-refractivity contribution in [2.75, 3.05) is 13.2 Å². The highest BCUT2D eigenvalue weighted by Crippen LogP contribution is 2.22. The molecule has 0 aliphatic heterocycles. The average molecular weight is 467 g/mol. The molecule has 1 aromatic heterocycles. The third kappa shape index (κ3) is 8.61. The van der Waals surface area contributed by atoms with Crippen LogP contribution in [0.4, 0.5) is 0 Å². The van der Waals surface area contributed by atoms with E-state index in [4.69, 9.17) is 14.2 Å². The maximum Gasteiger partial charge on any atom is 0.338 e. The van der Waals surface area contributed by atoms with Gasteiger partial charge in [-0.3, -0.25) is 0 Å². The second-order valence-corrected chi connectivity index (χ2v) is 8.47. The van der Waals surface area contributed by atoms with E-state index in [9.17, 15) is 9.59 Å². The van der Waals surface area contributed by atoms with Crippen molar-refractivity contribution in [1.82, 2.24) is 9.97 Å². The number of carbonyl (C=O) groups excluding carboxylic acids is 2. The van der Waals surface area contributed by atoms with Crippen LogP contribution in [0.5, 0.6) is 5.75 Å². The summed E-state index contributed by atoms with van der Waals surface area (Å²) in [6.07, 6.45) is 14.9. The Balaban J connectivity index is 1.34. The maximum atomic E-state index is 12.4. The van der Waals surface area contributed by atoms with Crippen molar-refractivity contribution in [3.63, 3.8) is 0 Å². The van der Waals surface area contributed by atoms with E-state index in [0.29, 0.717) is 30.4 Å². The van der Waals surface area contributed by atoms with Gasteiger partial charge < -0.3 is 14.2 Å². The van der Waals surface area contributed by atoms with Crippen LogP contribution >= 0.6 is 0 Å². The first-order valence-corrected chi connectivity index (χ1v) is 12.2. The van der Waals surface area contributed by atoms with Crippen LogP contribution in [-0.2, 0) is 14.3 Å². The molecule has 0 saturated heterocycles. The van der Waals surface area contributed by atoms with Crippen molar-refractivity contribution >= 4 is 11.9 Å². The van der Waals surface area contributed by atoms with Crippen LogP contribution in [0.1, 0.15) is 74.6 Å². The summed E-state index contributed by atoms with van der Waals surface area (Å²) >= 11 is 0. The van der Waals surface area contributed by atoms with E-state index in [2.05, 4.69) is 16.5 Å². The number of hydrogen-bond donors (Lipinski definition) is 0. The number of unbranched alkanes of at least 4 members (excludes halogenated alkanes) is 4. The number of rotatable bonds is 13. The highest BCUT2D eigenvalue weighted by atomic mass is 16.5. The van der Waals surface area contributed by atoms with Crippen LogP contribution in [0.3, 0.4) is 0 Å². The summed E-state index contributed by atoms with van der Waals surface area (Å²) in [5.41, 5.74) is 1.38. The van der Waals surface area contributed by atoms with Gasteiger partial charge in [0.2, 0.25) is 0 Å². The quantitative estimate of drug-likeness (QED) is 0.213. The van der Waals surface area contributed by atoms with E-state index in [0.717, 1.165) is 63.4 Å². The second kappa shape index (κ2) is 14.1. The molecule has 0 atom stereocenters. The molecule has 1 saturated carbocycles. The van der Waals surface area contributed by atoms with Gasteiger partial charge in [0.05, 0.1) is 31.2 Å². The topological polar surface area (TPSA) is 87.6 Å². The van der Waals surface area contributed by atoms with Crippen LogP contribution in [-0.4, -0.2) is 41.2 Å². The van der Waals surface area contributed by atoms with Gasteiger partial charge in [0.15, 0.2) is 11.6 Å². The van der Waals surface area contributed by atoms with Crippen LogP contribution < -0.4 is 4.74 Å². The monoisotopic (exact) mass is 466 g/mol. The second-order valence-electron chi connectivity index (χ2n) is 8.47. The first-order chi connectivity index (χ1) is 16.7. The molecule has 1 fully saturated rings. The summed E-state index contributed by atoms with van der Waals surface area (Å²) in [4.78, 5) is 32.1. The van der Waals surface area contributed by atoms with Crippen molar-refractivity contribution in [3.05, 3.63) is 54.9 Å². The molecule has 0 amide bonds. The molecule has 3 rings (SSSR count). The number of aromatic nitrogens is 2. The van der Waals surface area contributed by atoms with Gasteiger partial charge in [-0.15, -0.1) is 0 Å². The molecule has 0 radical (unpaired) electrons. The number of benzene rings is 1. The van der Waals surface area contributed by atoms with Crippen LogP contribution in [0.2, 0.25) is 0 Å². The molecular formula is C27H34N2O5. The third-order valence-corrected chi connectivity index (χ3v) is 5.80. The lowest BCUT2D eigenvalue weighted by Gasteiger charge is -2.21. The van der Waals surface area contributed by atoms with Crippen molar-refractivity contribution in [2.45, 2.75) is 70.3 Å². The minimum absolute atomic E-state index is 0.0470. The fourth-order valence-electron chi connectivity index (χ4n) is 3.85. The third-order valence-electron chi connectivity index (χ3n) is 5.80. The number of ether oxygens (including phenoxy) is 3. The number of carbonyl (C=O) groups is 2. The van der Waals surface area contributed by atoms with Gasteiger partial charge in [0.25, 0.3) is 0 Å². The van der Waals surface area contributed by atoms with Gasteiger partial charge in [0, 0.05) is 11.6 Å². The summed E-state index contributed by atoms with van der Waals surface area (Å²) in [5.74, 6) is 0.580. The Labute approximate surface area is 201 Å². The average Bonchev–Trinajstić information content (AvgIpc) is 2.88. The predicted octanol–water partition coefficient (Wildman–Crippen LogP) is 5.69. The van der Waals surface area contributed by atoms with Crippen LogP contribution in [0.15, 0.2) is 49.3 Å². The van der Waals surface area contributed by atoms with Gasteiger partial charge in [-0.2, -0.15) is 0 Å². The van der Waals surface area contributed by atoms with Gasteiger partial charge in [0.1, 0.15) is 6.10 Å². The van der Waals surface area contributed by atoms with Crippen LogP contribution in [0.25, 0.3) is 11.4 Å². The summed E-state index contributed by atoms with van der Waals surface area (Å²) in [6.45, 7) is 4.41. The van der Waals surface area contributed by atoms with E-state index < -0.39 is 0 Å². The number of hydrogen-bond acceptors (Lipinski definition) is 7. The smallest absolute Gasteiger partial charge is 0.338 e. The highest BCUT2D eigenvalue weighted by Gasteiger charge is 2.18. The molecule has 1 aromatic carbocycles. The predicted molar refractivity (Wildman–Crippen MR) is 129 cm³/mol. The zero-order chi connectivity index (χ0) is 24.0. The largest absolute Gasteiger partial charge is 0.490 e. The lowest BCUT2D eigenvalue weighted by Crippen LogP contribution is -2.20. The Morgan fingerprint density at radius 2 is 1.56 bits per heavy atom. The van der Waals surface area contributed by atoms with Gasteiger partial charge in [-0.25, -0.2) is 19.6 Å². The molecule has 34 heavy (non-hydrogen) atoms. The fraction of sp³-hybridized carbons (Fsp3) is 0.481. The lowest BCUT2D eigenvalue weighted by atomic mass is 9.98. The molecular weight excluding hydrogens is 432 g/mol. The normalized spacial score (nSPS) is 13.8. The van der Waals surface area contributed by atoms with Gasteiger partial charge in [-0.1, -0.05) is 44.4 Å². The van der Waals surface area contributed by atoms with Gasteiger partial charge in [-0.05, 0) is 50.7 Å². The molecule has 0 N–H and O–H groups in total. The molecule has 182 valence electrons. The summed E-state index contributed by atoms with van der Waals surface area (Å²) in [5, 5.41) is 0. The van der Waals surface area contributed by atoms with Crippen molar-refractivity contribution in [3.8, 4) is 17.1 Å². The lowest BCUT2D eigenvalue weighted by molar-refractivity contribution is -0.137. The minimum atomic E-state index is -0.367. The zero-order valence-electron chi connectivity index (χ0n) is 19.7. The van der Waals surface area contributed by atoms with Crippen molar-refractivity contribution in [2.24, 2.45) is 0 Å². The van der Waals surface area contributed by atoms with E-state index in [1.807, 2.05) is 12.1 Å². The first kappa shape index (κ1) is 25.4. The molecule has 0 unspecified atom stereocenters. The summed E-state index contributed by atoms with van der Waals surface area (Å²) in [6, 6.07) is 7.20. The Morgan fingerprint density at radius 1 is 0.912 bits per heavy atom. The van der Waals surface area contributed by atoms with E-state index >= 15 is 0 Å². The highest BCUT2D eigenvalue weighted by molar-refractivity contribution is 5.90. The number of esters is 2. The SMILES string of the molecule is C=CC(=O)OCCCCCCCOc1cnc(-c2ccc(C(=O)OC3CCCCC3)cc2)nc1. The molecule has 0 bridgehead atoms. The maximum absolute atomic E-state index is 12.4. The number of nitrogens with zero attached hydrogens (tertiary/aromatic N) is 2. The molecule has 1 aliphatic carbocycles. The minimum Gasteiger partial charge on any atom is -0.490 e. The summed E-state index contributed by atoms with van der Waals surface area (Å²) in [7, 11) is 0. The van der Waals surface area contributed by atoms with Crippen LogP contribution in [0, 0.1) is 0 Å². The molecule has 7 heteroatoms.